The van der Waals surface area contributed by atoms with Crippen LogP contribution in [0.5, 0.6) is 0 Å². The van der Waals surface area contributed by atoms with Gasteiger partial charge < -0.3 is 10.1 Å². The molecule has 1 aliphatic rings. The largest absolute Gasteiger partial charge is 0.381 e. The lowest BCUT2D eigenvalue weighted by molar-refractivity contribution is 0.0642. The zero-order valence-electron chi connectivity index (χ0n) is 11.0. The van der Waals surface area contributed by atoms with Crippen LogP contribution in [0.1, 0.15) is 23.2 Å². The van der Waals surface area contributed by atoms with Crippen molar-refractivity contribution in [1.29, 1.82) is 0 Å². The highest BCUT2D eigenvalue weighted by atomic mass is 16.5. The van der Waals surface area contributed by atoms with E-state index in [-0.39, 0.29) is 11.6 Å². The van der Waals surface area contributed by atoms with Crippen LogP contribution in [-0.4, -0.2) is 40.3 Å². The van der Waals surface area contributed by atoms with Gasteiger partial charge in [-0.15, -0.1) is 0 Å². The molecule has 2 aromatic heterocycles. The van der Waals surface area contributed by atoms with Crippen LogP contribution in [0.15, 0.2) is 23.1 Å². The molecule has 0 aliphatic carbocycles. The Bertz CT molecular complexity index is 670. The number of nitrogens with zero attached hydrogens (tertiary/aromatic N) is 2. The molecule has 3 heterocycles. The second-order valence-corrected chi connectivity index (χ2v) is 4.94. The van der Waals surface area contributed by atoms with E-state index in [1.807, 2.05) is 0 Å². The summed E-state index contributed by atoms with van der Waals surface area (Å²) in [4.78, 5) is 23.5. The number of fused-ring (bicyclic) bond motifs is 1. The average molecular weight is 276 g/mol. The van der Waals surface area contributed by atoms with Crippen LogP contribution in [0.4, 0.5) is 0 Å². The third-order valence-electron chi connectivity index (χ3n) is 3.57. The van der Waals surface area contributed by atoms with Gasteiger partial charge in [-0.25, -0.2) is 14.3 Å². The summed E-state index contributed by atoms with van der Waals surface area (Å²) in [5.74, 6) is 0.291. The van der Waals surface area contributed by atoms with Crippen LogP contribution in [0.25, 0.3) is 5.65 Å². The molecule has 20 heavy (non-hydrogen) atoms. The van der Waals surface area contributed by atoms with Crippen molar-refractivity contribution in [1.82, 2.24) is 19.9 Å². The van der Waals surface area contributed by atoms with Crippen LogP contribution in [-0.2, 0) is 4.74 Å². The number of nitrogens with one attached hydrogen (secondary N) is 2. The highest BCUT2D eigenvalue weighted by molar-refractivity contribution is 5.94. The number of H-pyrrole nitrogens is 1. The zero-order chi connectivity index (χ0) is 13.9. The van der Waals surface area contributed by atoms with E-state index in [4.69, 9.17) is 4.74 Å². The fourth-order valence-electron chi connectivity index (χ4n) is 2.33. The molecule has 2 aromatic rings. The predicted molar refractivity (Wildman–Crippen MR) is 71.7 cm³/mol. The Morgan fingerprint density at radius 2 is 2.25 bits per heavy atom. The van der Waals surface area contributed by atoms with Crippen molar-refractivity contribution in [2.45, 2.75) is 12.8 Å². The van der Waals surface area contributed by atoms with Crippen molar-refractivity contribution in [2.75, 3.05) is 19.8 Å². The maximum atomic E-state index is 12.1. The fraction of sp³-hybridized carbons (Fsp3) is 0.462. The Kier molecular flexibility index (Phi) is 3.51. The van der Waals surface area contributed by atoms with E-state index in [9.17, 15) is 9.59 Å². The number of carbonyl (C=O) groups is 1. The quantitative estimate of drug-likeness (QED) is 0.837. The molecule has 0 radical (unpaired) electrons. The van der Waals surface area contributed by atoms with Gasteiger partial charge in [0.05, 0.1) is 5.56 Å². The molecule has 0 unspecified atom stereocenters. The number of ether oxygens (including phenoxy) is 1. The summed E-state index contributed by atoms with van der Waals surface area (Å²) in [6.07, 6.45) is 3.45. The number of aromatic nitrogens is 3. The minimum absolute atomic E-state index is 0.175. The molecule has 0 bridgehead atoms. The summed E-state index contributed by atoms with van der Waals surface area (Å²) < 4.78 is 6.61. The van der Waals surface area contributed by atoms with E-state index in [0.29, 0.717) is 23.7 Å². The van der Waals surface area contributed by atoms with Crippen molar-refractivity contribution in [3.05, 3.63) is 34.4 Å². The fourth-order valence-corrected chi connectivity index (χ4v) is 2.33. The number of amides is 1. The first-order chi connectivity index (χ1) is 9.74. The SMILES string of the molecule is O=C(NCC1CCOCC1)c1ccc2n[nH]c(=O)n2c1. The Labute approximate surface area is 114 Å². The second-order valence-electron chi connectivity index (χ2n) is 4.94. The maximum absolute atomic E-state index is 12.1. The molecule has 0 aromatic carbocycles. The van der Waals surface area contributed by atoms with Crippen LogP contribution >= 0.6 is 0 Å². The highest BCUT2D eigenvalue weighted by Gasteiger charge is 2.15. The molecule has 7 heteroatoms. The predicted octanol–water partition coefficient (Wildman–Crippen LogP) is 0.179. The van der Waals surface area contributed by atoms with Crippen molar-refractivity contribution in [3.63, 3.8) is 0 Å². The third-order valence-corrected chi connectivity index (χ3v) is 3.57. The topological polar surface area (TPSA) is 88.5 Å². The molecule has 1 fully saturated rings. The first kappa shape index (κ1) is 12.9. The molecule has 3 rings (SSSR count). The summed E-state index contributed by atoms with van der Waals surface area (Å²) in [5.41, 5.74) is 0.600. The minimum Gasteiger partial charge on any atom is -0.381 e. The van der Waals surface area contributed by atoms with Gasteiger partial charge in [-0.1, -0.05) is 0 Å². The van der Waals surface area contributed by atoms with Gasteiger partial charge in [0.25, 0.3) is 5.91 Å². The first-order valence-electron chi connectivity index (χ1n) is 6.67. The molecule has 0 atom stereocenters. The van der Waals surface area contributed by atoms with Gasteiger partial charge in [0, 0.05) is 26.0 Å². The number of hydrogen-bond acceptors (Lipinski definition) is 4. The molecule has 0 spiro atoms. The molecule has 1 aliphatic heterocycles. The Morgan fingerprint density at radius 1 is 1.45 bits per heavy atom. The first-order valence-corrected chi connectivity index (χ1v) is 6.67. The number of hydrogen-bond donors (Lipinski definition) is 2. The van der Waals surface area contributed by atoms with Crippen molar-refractivity contribution in [2.24, 2.45) is 5.92 Å². The van der Waals surface area contributed by atoms with Gasteiger partial charge in [0.2, 0.25) is 0 Å². The number of aromatic amines is 1. The van der Waals surface area contributed by atoms with Crippen LogP contribution < -0.4 is 11.0 Å². The van der Waals surface area contributed by atoms with Gasteiger partial charge in [0.1, 0.15) is 0 Å². The standard InChI is InChI=1S/C13H16N4O3/c18-12(14-7-9-3-5-20-6-4-9)10-1-2-11-15-16-13(19)17(11)8-10/h1-2,8-9H,3-7H2,(H,14,18)(H,16,19). The summed E-state index contributed by atoms with van der Waals surface area (Å²) in [7, 11) is 0. The van der Waals surface area contributed by atoms with Crippen molar-refractivity contribution >= 4 is 11.6 Å². The molecular weight excluding hydrogens is 260 g/mol. The third kappa shape index (κ3) is 2.57. The molecule has 0 saturated carbocycles. The maximum Gasteiger partial charge on any atom is 0.347 e. The smallest absolute Gasteiger partial charge is 0.347 e. The Balaban J connectivity index is 1.68. The van der Waals surface area contributed by atoms with Crippen molar-refractivity contribution in [3.8, 4) is 0 Å². The zero-order valence-corrected chi connectivity index (χ0v) is 11.0. The van der Waals surface area contributed by atoms with E-state index < -0.39 is 0 Å². The summed E-state index contributed by atoms with van der Waals surface area (Å²) in [6.45, 7) is 2.16. The number of rotatable bonds is 3. The van der Waals surface area contributed by atoms with Gasteiger partial charge >= 0.3 is 5.69 Å². The second kappa shape index (κ2) is 5.46. The minimum atomic E-state index is -0.348. The lowest BCUT2D eigenvalue weighted by atomic mass is 10.0. The molecule has 7 nitrogen and oxygen atoms in total. The number of carbonyl (C=O) groups excluding carboxylic acids is 1. The molecule has 1 amide bonds. The van der Waals surface area contributed by atoms with Crippen LogP contribution in [0.3, 0.4) is 0 Å². The van der Waals surface area contributed by atoms with E-state index in [2.05, 4.69) is 15.5 Å². The lowest BCUT2D eigenvalue weighted by Crippen LogP contribution is -2.32. The van der Waals surface area contributed by atoms with Gasteiger partial charge in [-0.3, -0.25) is 4.79 Å². The molecule has 2 N–H and O–H groups in total. The van der Waals surface area contributed by atoms with Gasteiger partial charge in [-0.2, -0.15) is 5.10 Å². The molecule has 106 valence electrons. The molecule has 1 saturated heterocycles. The van der Waals surface area contributed by atoms with E-state index in [0.717, 1.165) is 26.1 Å². The highest BCUT2D eigenvalue weighted by Crippen LogP contribution is 2.13. The van der Waals surface area contributed by atoms with E-state index in [1.165, 1.54) is 10.6 Å². The van der Waals surface area contributed by atoms with Crippen LogP contribution in [0, 0.1) is 5.92 Å². The van der Waals surface area contributed by atoms with E-state index in [1.54, 1.807) is 12.1 Å². The monoisotopic (exact) mass is 276 g/mol. The van der Waals surface area contributed by atoms with Crippen molar-refractivity contribution < 1.29 is 9.53 Å². The van der Waals surface area contributed by atoms with Gasteiger partial charge in [0.15, 0.2) is 5.65 Å². The lowest BCUT2D eigenvalue weighted by Gasteiger charge is -2.22. The average Bonchev–Trinajstić information content (AvgIpc) is 2.87. The summed E-state index contributed by atoms with van der Waals surface area (Å²) in [6, 6.07) is 3.30. The molecular formula is C13H16N4O3. The number of pyridine rings is 1. The van der Waals surface area contributed by atoms with Gasteiger partial charge in [-0.05, 0) is 30.9 Å². The Morgan fingerprint density at radius 3 is 3.05 bits per heavy atom. The Hall–Kier alpha value is -2.15. The van der Waals surface area contributed by atoms with E-state index >= 15 is 0 Å². The summed E-state index contributed by atoms with van der Waals surface area (Å²) >= 11 is 0. The normalized spacial score (nSPS) is 16.4. The summed E-state index contributed by atoms with van der Waals surface area (Å²) in [5, 5.41) is 9.06. The van der Waals surface area contributed by atoms with Crippen LogP contribution in [0.2, 0.25) is 0 Å².